The summed E-state index contributed by atoms with van der Waals surface area (Å²) in [5.41, 5.74) is 0.161. The van der Waals surface area contributed by atoms with Gasteiger partial charge >= 0.3 is 6.18 Å². The van der Waals surface area contributed by atoms with Crippen LogP contribution in [0, 0.1) is 0 Å². The first-order valence-corrected chi connectivity index (χ1v) is 8.47. The quantitative estimate of drug-likeness (QED) is 0.652. The van der Waals surface area contributed by atoms with E-state index in [1.807, 2.05) is 41.1 Å². The second kappa shape index (κ2) is 8.07. The van der Waals surface area contributed by atoms with Crippen molar-refractivity contribution < 1.29 is 18.0 Å². The highest BCUT2D eigenvalue weighted by Gasteiger charge is 2.30. The number of hydrogen-bond donors (Lipinski definition) is 1. The highest BCUT2D eigenvalue weighted by Crippen LogP contribution is 2.29. The summed E-state index contributed by atoms with van der Waals surface area (Å²) in [5.74, 6) is 0.315. The number of carbonyl (C=O) groups excluding carboxylic acids is 1. The Labute approximate surface area is 154 Å². The van der Waals surface area contributed by atoms with Crippen LogP contribution in [0.15, 0.2) is 67.0 Å². The number of nitrogens with zero attached hydrogens (tertiary/aromatic N) is 2. The summed E-state index contributed by atoms with van der Waals surface area (Å²) in [4.78, 5) is 16.4. The fourth-order valence-corrected chi connectivity index (χ4v) is 2.73. The molecule has 1 amide bonds. The molecule has 0 aliphatic carbocycles. The van der Waals surface area contributed by atoms with Gasteiger partial charge in [0.05, 0.1) is 5.56 Å². The van der Waals surface area contributed by atoms with Crippen LogP contribution in [0.5, 0.6) is 0 Å². The van der Waals surface area contributed by atoms with Gasteiger partial charge in [-0.25, -0.2) is 4.98 Å². The molecule has 27 heavy (non-hydrogen) atoms. The van der Waals surface area contributed by atoms with E-state index in [4.69, 9.17) is 0 Å². The Hall–Kier alpha value is -3.09. The van der Waals surface area contributed by atoms with Crippen molar-refractivity contribution in [2.45, 2.75) is 19.1 Å². The molecule has 2 aromatic carbocycles. The summed E-state index contributed by atoms with van der Waals surface area (Å²) in [7, 11) is 0. The van der Waals surface area contributed by atoms with Crippen molar-refractivity contribution in [2.75, 3.05) is 6.54 Å². The predicted molar refractivity (Wildman–Crippen MR) is 96.1 cm³/mol. The van der Waals surface area contributed by atoms with Crippen LogP contribution in [0.1, 0.15) is 22.3 Å². The Bertz CT molecular complexity index is 904. The van der Waals surface area contributed by atoms with Crippen LogP contribution in [0.25, 0.3) is 11.4 Å². The van der Waals surface area contributed by atoms with Gasteiger partial charge in [-0.05, 0) is 24.6 Å². The first-order valence-electron chi connectivity index (χ1n) is 8.47. The third-order valence-corrected chi connectivity index (χ3v) is 4.06. The number of amides is 1. The van der Waals surface area contributed by atoms with Crippen molar-refractivity contribution >= 4 is 5.91 Å². The topological polar surface area (TPSA) is 46.9 Å². The number of aryl methyl sites for hydroxylation is 1. The largest absolute Gasteiger partial charge is 0.416 e. The molecule has 0 aliphatic heterocycles. The van der Waals surface area contributed by atoms with Crippen LogP contribution >= 0.6 is 0 Å². The zero-order chi connectivity index (χ0) is 19.3. The molecular weight excluding hydrogens is 355 g/mol. The molecule has 140 valence electrons. The number of rotatable bonds is 6. The third-order valence-electron chi connectivity index (χ3n) is 4.06. The molecule has 3 aromatic rings. The van der Waals surface area contributed by atoms with Crippen LogP contribution in [-0.4, -0.2) is 22.0 Å². The lowest BCUT2D eigenvalue weighted by atomic mass is 10.1. The molecule has 0 aliphatic rings. The maximum atomic E-state index is 12.7. The standard InChI is InChI=1S/C20H18F3N3O/c21-20(22,23)17-9-4-8-16(14-17)19(27)25-10-5-12-26-13-11-24-18(26)15-6-2-1-3-7-15/h1-4,6-9,11,13-14H,5,10,12H2,(H,25,27). The molecule has 0 radical (unpaired) electrons. The minimum atomic E-state index is -4.47. The lowest BCUT2D eigenvalue weighted by Gasteiger charge is -2.10. The maximum absolute atomic E-state index is 12.7. The zero-order valence-electron chi connectivity index (χ0n) is 14.4. The molecule has 0 saturated heterocycles. The molecular formula is C20H18F3N3O. The van der Waals surface area contributed by atoms with Gasteiger partial charge in [-0.2, -0.15) is 13.2 Å². The number of nitrogens with one attached hydrogen (secondary N) is 1. The van der Waals surface area contributed by atoms with Crippen LogP contribution < -0.4 is 5.32 Å². The molecule has 0 bridgehead atoms. The van der Waals surface area contributed by atoms with Crippen LogP contribution in [0.2, 0.25) is 0 Å². The van der Waals surface area contributed by atoms with Crippen LogP contribution in [0.3, 0.4) is 0 Å². The smallest absolute Gasteiger partial charge is 0.352 e. The molecule has 1 N–H and O–H groups in total. The Morgan fingerprint density at radius 3 is 2.59 bits per heavy atom. The highest BCUT2D eigenvalue weighted by atomic mass is 19.4. The number of carbonyl (C=O) groups is 1. The second-order valence-electron chi connectivity index (χ2n) is 6.00. The van der Waals surface area contributed by atoms with Crippen LogP contribution in [0.4, 0.5) is 13.2 Å². The molecule has 1 aromatic heterocycles. The van der Waals surface area contributed by atoms with E-state index in [9.17, 15) is 18.0 Å². The molecule has 7 heteroatoms. The molecule has 3 rings (SSSR count). The minimum Gasteiger partial charge on any atom is -0.352 e. The molecule has 4 nitrogen and oxygen atoms in total. The molecule has 0 unspecified atom stereocenters. The summed E-state index contributed by atoms with van der Waals surface area (Å²) in [5, 5.41) is 2.66. The summed E-state index contributed by atoms with van der Waals surface area (Å²) in [6, 6.07) is 14.1. The Balaban J connectivity index is 1.54. The number of benzene rings is 2. The summed E-state index contributed by atoms with van der Waals surface area (Å²) in [6.45, 7) is 0.981. The van der Waals surface area contributed by atoms with Gasteiger partial charge in [0.1, 0.15) is 5.82 Å². The number of imidazole rings is 1. The van der Waals surface area contributed by atoms with Gasteiger partial charge in [-0.1, -0.05) is 36.4 Å². The number of hydrogen-bond acceptors (Lipinski definition) is 2. The van der Waals surface area contributed by atoms with E-state index in [0.717, 1.165) is 23.5 Å². The van der Waals surface area contributed by atoms with Crippen molar-refractivity contribution in [1.82, 2.24) is 14.9 Å². The fraction of sp³-hybridized carbons (Fsp3) is 0.200. The normalized spacial score (nSPS) is 11.4. The second-order valence-corrected chi connectivity index (χ2v) is 6.00. The molecule has 0 atom stereocenters. The van der Waals surface area contributed by atoms with E-state index in [-0.39, 0.29) is 5.56 Å². The minimum absolute atomic E-state index is 0.00238. The van der Waals surface area contributed by atoms with E-state index < -0.39 is 17.6 Å². The molecule has 1 heterocycles. The number of aromatic nitrogens is 2. The van der Waals surface area contributed by atoms with Crippen molar-refractivity contribution in [3.63, 3.8) is 0 Å². The third kappa shape index (κ3) is 4.75. The zero-order valence-corrected chi connectivity index (χ0v) is 14.4. The van der Waals surface area contributed by atoms with Gasteiger partial charge in [0, 0.05) is 36.6 Å². The van der Waals surface area contributed by atoms with Crippen molar-refractivity contribution in [3.8, 4) is 11.4 Å². The van der Waals surface area contributed by atoms with Gasteiger partial charge in [-0.3, -0.25) is 4.79 Å². The Morgan fingerprint density at radius 1 is 1.07 bits per heavy atom. The Morgan fingerprint density at radius 2 is 1.85 bits per heavy atom. The van der Waals surface area contributed by atoms with Gasteiger partial charge in [0.25, 0.3) is 5.91 Å². The maximum Gasteiger partial charge on any atom is 0.416 e. The van der Waals surface area contributed by atoms with Crippen LogP contribution in [-0.2, 0) is 12.7 Å². The van der Waals surface area contributed by atoms with Gasteiger partial charge in [0.2, 0.25) is 0 Å². The SMILES string of the molecule is O=C(NCCCn1ccnc1-c1ccccc1)c1cccc(C(F)(F)F)c1. The van der Waals surface area contributed by atoms with Crippen molar-refractivity contribution in [2.24, 2.45) is 0 Å². The summed E-state index contributed by atoms with van der Waals surface area (Å²) < 4.78 is 40.2. The molecule has 0 spiro atoms. The summed E-state index contributed by atoms with van der Waals surface area (Å²) >= 11 is 0. The van der Waals surface area contributed by atoms with E-state index >= 15 is 0 Å². The van der Waals surface area contributed by atoms with E-state index in [1.54, 1.807) is 6.20 Å². The van der Waals surface area contributed by atoms with E-state index in [1.165, 1.54) is 12.1 Å². The first-order chi connectivity index (χ1) is 12.9. The highest BCUT2D eigenvalue weighted by molar-refractivity contribution is 5.94. The summed E-state index contributed by atoms with van der Waals surface area (Å²) in [6.07, 6.45) is -0.271. The molecule has 0 fully saturated rings. The number of alkyl halides is 3. The van der Waals surface area contributed by atoms with Crippen molar-refractivity contribution in [3.05, 3.63) is 78.1 Å². The van der Waals surface area contributed by atoms with E-state index in [2.05, 4.69) is 10.3 Å². The predicted octanol–water partition coefficient (Wildman–Crippen LogP) is 4.39. The van der Waals surface area contributed by atoms with Gasteiger partial charge in [0.15, 0.2) is 0 Å². The average Bonchev–Trinajstić information content (AvgIpc) is 3.14. The lowest BCUT2D eigenvalue weighted by molar-refractivity contribution is -0.137. The monoisotopic (exact) mass is 373 g/mol. The van der Waals surface area contributed by atoms with E-state index in [0.29, 0.717) is 19.5 Å². The Kier molecular flexibility index (Phi) is 5.59. The van der Waals surface area contributed by atoms with Gasteiger partial charge < -0.3 is 9.88 Å². The lowest BCUT2D eigenvalue weighted by Crippen LogP contribution is -2.25. The van der Waals surface area contributed by atoms with Gasteiger partial charge in [-0.15, -0.1) is 0 Å². The van der Waals surface area contributed by atoms with Crippen molar-refractivity contribution in [1.29, 1.82) is 0 Å². The number of halogens is 3. The first kappa shape index (κ1) is 18.7. The fourth-order valence-electron chi connectivity index (χ4n) is 2.73. The molecule has 0 saturated carbocycles. The average molecular weight is 373 g/mol.